The summed E-state index contributed by atoms with van der Waals surface area (Å²) in [6.07, 6.45) is 0. The third-order valence-electron chi connectivity index (χ3n) is 2.19. The highest BCUT2D eigenvalue weighted by Gasteiger charge is 1.98. The quantitative estimate of drug-likeness (QED) is 0.905. The SMILES string of the molecule is Oc1cccc(CNCc2csc(Br)c2)c1. The van der Waals surface area contributed by atoms with Gasteiger partial charge in [-0.2, -0.15) is 0 Å². The van der Waals surface area contributed by atoms with Gasteiger partial charge in [-0.15, -0.1) is 11.3 Å². The van der Waals surface area contributed by atoms with E-state index in [2.05, 4.69) is 32.7 Å². The third kappa shape index (κ3) is 3.33. The van der Waals surface area contributed by atoms with Crippen LogP contribution in [-0.4, -0.2) is 5.11 Å². The maximum Gasteiger partial charge on any atom is 0.115 e. The minimum atomic E-state index is 0.317. The molecule has 1 aromatic heterocycles. The average molecular weight is 298 g/mol. The van der Waals surface area contributed by atoms with E-state index in [-0.39, 0.29) is 0 Å². The zero-order chi connectivity index (χ0) is 11.4. The lowest BCUT2D eigenvalue weighted by Crippen LogP contribution is -2.11. The molecule has 2 aromatic rings. The van der Waals surface area contributed by atoms with E-state index in [1.807, 2.05) is 12.1 Å². The predicted octanol–water partition coefficient (Wildman–Crippen LogP) is 3.51. The second-order valence-corrected chi connectivity index (χ2v) is 5.82. The van der Waals surface area contributed by atoms with Gasteiger partial charge in [0.1, 0.15) is 5.75 Å². The maximum atomic E-state index is 9.30. The number of aromatic hydroxyl groups is 1. The highest BCUT2D eigenvalue weighted by molar-refractivity contribution is 9.11. The number of hydrogen-bond acceptors (Lipinski definition) is 3. The van der Waals surface area contributed by atoms with E-state index in [4.69, 9.17) is 0 Å². The molecule has 0 radical (unpaired) electrons. The van der Waals surface area contributed by atoms with E-state index in [1.165, 1.54) is 5.56 Å². The zero-order valence-electron chi connectivity index (χ0n) is 8.61. The fraction of sp³-hybridized carbons (Fsp3) is 0.167. The van der Waals surface area contributed by atoms with Crippen LogP contribution in [0, 0.1) is 0 Å². The van der Waals surface area contributed by atoms with Gasteiger partial charge in [-0.05, 0) is 50.6 Å². The summed E-state index contributed by atoms with van der Waals surface area (Å²) in [6.45, 7) is 1.61. The number of hydrogen-bond donors (Lipinski definition) is 2. The van der Waals surface area contributed by atoms with Crippen LogP contribution in [0.5, 0.6) is 5.75 Å². The lowest BCUT2D eigenvalue weighted by Gasteiger charge is -2.03. The van der Waals surface area contributed by atoms with Crippen molar-refractivity contribution >= 4 is 27.3 Å². The number of thiophene rings is 1. The van der Waals surface area contributed by atoms with Gasteiger partial charge in [0.15, 0.2) is 0 Å². The van der Waals surface area contributed by atoms with Gasteiger partial charge in [0.25, 0.3) is 0 Å². The Morgan fingerprint density at radius 2 is 2.00 bits per heavy atom. The maximum absolute atomic E-state index is 9.30. The van der Waals surface area contributed by atoms with Crippen molar-refractivity contribution in [3.63, 3.8) is 0 Å². The number of phenols is 1. The fourth-order valence-electron chi connectivity index (χ4n) is 1.46. The Hall–Kier alpha value is -0.840. The molecular weight excluding hydrogens is 286 g/mol. The van der Waals surface area contributed by atoms with Crippen molar-refractivity contribution in [1.82, 2.24) is 5.32 Å². The summed E-state index contributed by atoms with van der Waals surface area (Å²) in [4.78, 5) is 0. The summed E-state index contributed by atoms with van der Waals surface area (Å²) in [5, 5.41) is 14.8. The van der Waals surface area contributed by atoms with E-state index >= 15 is 0 Å². The molecule has 0 aliphatic carbocycles. The fourth-order valence-corrected chi connectivity index (χ4v) is 2.67. The standard InChI is InChI=1S/C12H12BrNOS/c13-12-5-10(8-16-12)7-14-6-9-2-1-3-11(15)4-9/h1-5,8,14-15H,6-7H2. The first-order chi connectivity index (χ1) is 7.74. The van der Waals surface area contributed by atoms with Gasteiger partial charge in [-0.25, -0.2) is 0 Å². The second-order valence-electron chi connectivity index (χ2n) is 3.53. The van der Waals surface area contributed by atoms with Crippen LogP contribution in [0.4, 0.5) is 0 Å². The van der Waals surface area contributed by atoms with E-state index in [0.717, 1.165) is 22.4 Å². The van der Waals surface area contributed by atoms with Crippen LogP contribution in [-0.2, 0) is 13.1 Å². The Morgan fingerprint density at radius 1 is 1.19 bits per heavy atom. The Kier molecular flexibility index (Phi) is 3.98. The van der Waals surface area contributed by atoms with Crippen molar-refractivity contribution < 1.29 is 5.11 Å². The Balaban J connectivity index is 1.84. The monoisotopic (exact) mass is 297 g/mol. The Bertz CT molecular complexity index is 470. The summed E-state index contributed by atoms with van der Waals surface area (Å²) in [5.74, 6) is 0.317. The minimum absolute atomic E-state index is 0.317. The second kappa shape index (κ2) is 5.48. The lowest BCUT2D eigenvalue weighted by molar-refractivity contribution is 0.474. The molecule has 0 aliphatic rings. The minimum Gasteiger partial charge on any atom is -0.508 e. The molecular formula is C12H12BrNOS. The van der Waals surface area contributed by atoms with Crippen LogP contribution >= 0.6 is 27.3 Å². The molecule has 0 fully saturated rings. The van der Waals surface area contributed by atoms with Crippen molar-refractivity contribution in [1.29, 1.82) is 0 Å². The molecule has 4 heteroatoms. The molecule has 0 saturated carbocycles. The van der Waals surface area contributed by atoms with Crippen molar-refractivity contribution in [2.75, 3.05) is 0 Å². The van der Waals surface area contributed by atoms with E-state index in [0.29, 0.717) is 5.75 Å². The molecule has 2 nitrogen and oxygen atoms in total. The van der Waals surface area contributed by atoms with E-state index in [9.17, 15) is 5.11 Å². The topological polar surface area (TPSA) is 32.3 Å². The molecule has 1 heterocycles. The molecule has 0 saturated heterocycles. The summed E-state index contributed by atoms with van der Waals surface area (Å²) in [5.41, 5.74) is 2.37. The summed E-state index contributed by atoms with van der Waals surface area (Å²) in [7, 11) is 0. The molecule has 0 spiro atoms. The average Bonchev–Trinajstić information content (AvgIpc) is 2.64. The highest BCUT2D eigenvalue weighted by Crippen LogP contribution is 2.20. The van der Waals surface area contributed by atoms with Gasteiger partial charge in [0, 0.05) is 13.1 Å². The van der Waals surface area contributed by atoms with Crippen LogP contribution in [0.3, 0.4) is 0 Å². The van der Waals surface area contributed by atoms with Crippen LogP contribution < -0.4 is 5.32 Å². The molecule has 0 atom stereocenters. The molecule has 2 rings (SSSR count). The number of benzene rings is 1. The van der Waals surface area contributed by atoms with Gasteiger partial charge in [-0.1, -0.05) is 12.1 Å². The number of rotatable bonds is 4. The van der Waals surface area contributed by atoms with E-state index < -0.39 is 0 Å². The van der Waals surface area contributed by atoms with Crippen molar-refractivity contribution in [3.8, 4) is 5.75 Å². The summed E-state index contributed by atoms with van der Waals surface area (Å²) in [6, 6.07) is 9.42. The number of nitrogens with one attached hydrogen (secondary N) is 1. The number of halogens is 1. The van der Waals surface area contributed by atoms with Crippen LogP contribution in [0.1, 0.15) is 11.1 Å². The Morgan fingerprint density at radius 3 is 2.69 bits per heavy atom. The first-order valence-electron chi connectivity index (χ1n) is 4.95. The van der Waals surface area contributed by atoms with Crippen molar-refractivity contribution in [3.05, 3.63) is 50.6 Å². The van der Waals surface area contributed by atoms with Crippen molar-refractivity contribution in [2.45, 2.75) is 13.1 Å². The predicted molar refractivity (Wildman–Crippen MR) is 70.7 cm³/mol. The number of phenolic OH excluding ortho intramolecular Hbond substituents is 1. The van der Waals surface area contributed by atoms with Crippen molar-refractivity contribution in [2.24, 2.45) is 0 Å². The normalized spacial score (nSPS) is 10.6. The third-order valence-corrected chi connectivity index (χ3v) is 3.74. The first-order valence-corrected chi connectivity index (χ1v) is 6.63. The summed E-state index contributed by atoms with van der Waals surface area (Å²) >= 11 is 5.13. The lowest BCUT2D eigenvalue weighted by atomic mass is 10.2. The molecule has 1 aromatic carbocycles. The molecule has 16 heavy (non-hydrogen) atoms. The van der Waals surface area contributed by atoms with Gasteiger partial charge >= 0.3 is 0 Å². The van der Waals surface area contributed by atoms with E-state index in [1.54, 1.807) is 23.5 Å². The zero-order valence-corrected chi connectivity index (χ0v) is 11.0. The molecule has 84 valence electrons. The summed E-state index contributed by atoms with van der Waals surface area (Å²) < 4.78 is 1.15. The van der Waals surface area contributed by atoms with Gasteiger partial charge in [0.05, 0.1) is 3.79 Å². The first kappa shape index (κ1) is 11.6. The largest absolute Gasteiger partial charge is 0.508 e. The molecule has 0 unspecified atom stereocenters. The Labute approximate surface area is 107 Å². The smallest absolute Gasteiger partial charge is 0.115 e. The van der Waals surface area contributed by atoms with Crippen LogP contribution in [0.25, 0.3) is 0 Å². The molecule has 0 bridgehead atoms. The van der Waals surface area contributed by atoms with Gasteiger partial charge in [0.2, 0.25) is 0 Å². The van der Waals surface area contributed by atoms with Gasteiger partial charge < -0.3 is 10.4 Å². The van der Waals surface area contributed by atoms with Gasteiger partial charge in [-0.3, -0.25) is 0 Å². The molecule has 2 N–H and O–H groups in total. The molecule has 0 aliphatic heterocycles. The molecule has 0 amide bonds. The van der Waals surface area contributed by atoms with Crippen LogP contribution in [0.15, 0.2) is 39.5 Å². The highest BCUT2D eigenvalue weighted by atomic mass is 79.9. The van der Waals surface area contributed by atoms with Crippen LogP contribution in [0.2, 0.25) is 0 Å².